The van der Waals surface area contributed by atoms with E-state index < -0.39 is 6.04 Å². The van der Waals surface area contributed by atoms with Crippen molar-refractivity contribution < 1.29 is 9.53 Å². The van der Waals surface area contributed by atoms with Crippen LogP contribution in [0.1, 0.15) is 6.92 Å². The quantitative estimate of drug-likeness (QED) is 0.634. The summed E-state index contributed by atoms with van der Waals surface area (Å²) in [6, 6.07) is 5.00. The van der Waals surface area contributed by atoms with Crippen molar-refractivity contribution in [2.75, 3.05) is 12.4 Å². The summed E-state index contributed by atoms with van der Waals surface area (Å²) in [7, 11) is 0. The fourth-order valence-electron chi connectivity index (χ4n) is 1.40. The Morgan fingerprint density at radius 2 is 2.39 bits per heavy atom. The van der Waals surface area contributed by atoms with Gasteiger partial charge < -0.3 is 10.5 Å². The van der Waals surface area contributed by atoms with Gasteiger partial charge in [0.05, 0.1) is 6.61 Å². The van der Waals surface area contributed by atoms with Crippen molar-refractivity contribution in [3.8, 4) is 0 Å². The van der Waals surface area contributed by atoms with Crippen LogP contribution < -0.4 is 5.73 Å². The van der Waals surface area contributed by atoms with Crippen LogP contribution in [0.4, 0.5) is 0 Å². The minimum absolute atomic E-state index is 0.338. The van der Waals surface area contributed by atoms with E-state index in [1.54, 1.807) is 6.92 Å². The molecule has 0 saturated heterocycles. The first-order valence-electron chi connectivity index (χ1n) is 5.57. The summed E-state index contributed by atoms with van der Waals surface area (Å²) in [4.78, 5) is 11.4. The Balaban J connectivity index is 2.00. The number of carbonyl (C=O) groups excluding carboxylic acids is 1. The minimum Gasteiger partial charge on any atom is -0.465 e. The zero-order valence-electron chi connectivity index (χ0n) is 9.94. The van der Waals surface area contributed by atoms with Crippen molar-refractivity contribution in [1.82, 2.24) is 14.6 Å². The van der Waals surface area contributed by atoms with E-state index in [0.717, 1.165) is 5.65 Å². The molecular formula is C11H14N4O2S. The van der Waals surface area contributed by atoms with Crippen LogP contribution in [0.25, 0.3) is 5.65 Å². The number of rotatable bonds is 5. The highest BCUT2D eigenvalue weighted by atomic mass is 32.2. The van der Waals surface area contributed by atoms with E-state index in [-0.39, 0.29) is 5.97 Å². The molecule has 2 N–H and O–H groups in total. The smallest absolute Gasteiger partial charge is 0.323 e. The molecule has 0 fully saturated rings. The molecular weight excluding hydrogens is 252 g/mol. The molecule has 2 heterocycles. The molecule has 0 amide bonds. The monoisotopic (exact) mass is 266 g/mol. The average molecular weight is 266 g/mol. The van der Waals surface area contributed by atoms with Gasteiger partial charge in [-0.2, -0.15) is 0 Å². The van der Waals surface area contributed by atoms with Gasteiger partial charge in [0.25, 0.3) is 0 Å². The van der Waals surface area contributed by atoms with Crippen LogP contribution in [0.5, 0.6) is 0 Å². The number of pyridine rings is 1. The van der Waals surface area contributed by atoms with Gasteiger partial charge in [-0.15, -0.1) is 10.2 Å². The third-order valence-electron chi connectivity index (χ3n) is 2.26. The average Bonchev–Trinajstić information content (AvgIpc) is 2.79. The molecule has 0 saturated carbocycles. The van der Waals surface area contributed by atoms with Crippen LogP contribution in [0, 0.1) is 0 Å². The molecule has 0 aliphatic rings. The SMILES string of the molecule is CCOC(=O)C(N)CSc1nnc2ccccn12. The summed E-state index contributed by atoms with van der Waals surface area (Å²) in [5.74, 6) is 0.0213. The Labute approximate surface area is 109 Å². The van der Waals surface area contributed by atoms with Gasteiger partial charge in [-0.05, 0) is 19.1 Å². The van der Waals surface area contributed by atoms with E-state index in [1.165, 1.54) is 11.8 Å². The number of fused-ring (bicyclic) bond motifs is 1. The molecule has 2 rings (SSSR count). The van der Waals surface area contributed by atoms with Crippen LogP contribution in [0.3, 0.4) is 0 Å². The number of hydrogen-bond acceptors (Lipinski definition) is 6. The normalized spacial score (nSPS) is 12.6. The van der Waals surface area contributed by atoms with Gasteiger partial charge in [0, 0.05) is 11.9 Å². The first-order chi connectivity index (χ1) is 8.72. The lowest BCUT2D eigenvalue weighted by molar-refractivity contribution is -0.144. The molecule has 96 valence electrons. The molecule has 0 spiro atoms. The van der Waals surface area contributed by atoms with Crippen molar-refractivity contribution in [1.29, 1.82) is 0 Å². The van der Waals surface area contributed by atoms with E-state index in [9.17, 15) is 4.79 Å². The van der Waals surface area contributed by atoms with E-state index in [2.05, 4.69) is 10.2 Å². The van der Waals surface area contributed by atoms with Gasteiger partial charge in [-0.1, -0.05) is 17.8 Å². The number of thioether (sulfide) groups is 1. The molecule has 6 nitrogen and oxygen atoms in total. The zero-order valence-corrected chi connectivity index (χ0v) is 10.8. The molecule has 0 bridgehead atoms. The predicted molar refractivity (Wildman–Crippen MR) is 68.3 cm³/mol. The molecule has 0 aromatic carbocycles. The summed E-state index contributed by atoms with van der Waals surface area (Å²) in [5.41, 5.74) is 6.48. The molecule has 7 heteroatoms. The maximum absolute atomic E-state index is 11.4. The molecule has 1 atom stereocenters. The second-order valence-corrected chi connectivity index (χ2v) is 4.57. The minimum atomic E-state index is -0.647. The number of carbonyl (C=O) groups is 1. The standard InChI is InChI=1S/C11H14N4O2S/c1-2-17-10(16)8(12)7-18-11-14-13-9-5-3-4-6-15(9)11/h3-6,8H,2,7,12H2,1H3. The summed E-state index contributed by atoms with van der Waals surface area (Å²) in [5, 5.41) is 8.77. The third kappa shape index (κ3) is 2.80. The van der Waals surface area contributed by atoms with Gasteiger partial charge in [0.2, 0.25) is 0 Å². The van der Waals surface area contributed by atoms with Crippen LogP contribution in [0.2, 0.25) is 0 Å². The number of hydrogen-bond donors (Lipinski definition) is 1. The van der Waals surface area contributed by atoms with Crippen molar-refractivity contribution in [2.24, 2.45) is 5.73 Å². The van der Waals surface area contributed by atoms with E-state index in [4.69, 9.17) is 10.5 Å². The first-order valence-corrected chi connectivity index (χ1v) is 6.55. The Morgan fingerprint density at radius 3 is 3.17 bits per heavy atom. The first kappa shape index (κ1) is 12.8. The summed E-state index contributed by atoms with van der Waals surface area (Å²) >= 11 is 1.38. The second kappa shape index (κ2) is 5.83. The molecule has 0 aliphatic heterocycles. The number of nitrogens with two attached hydrogens (primary N) is 1. The Kier molecular flexibility index (Phi) is 4.16. The van der Waals surface area contributed by atoms with Crippen LogP contribution in [-0.4, -0.2) is 39.0 Å². The van der Waals surface area contributed by atoms with Gasteiger partial charge in [-0.3, -0.25) is 9.20 Å². The number of esters is 1. The molecule has 2 aromatic rings. The van der Waals surface area contributed by atoms with Gasteiger partial charge in [-0.25, -0.2) is 0 Å². The maximum atomic E-state index is 11.4. The van der Waals surface area contributed by atoms with Crippen molar-refractivity contribution in [3.05, 3.63) is 24.4 Å². The Bertz CT molecular complexity index is 543. The summed E-state index contributed by atoms with van der Waals surface area (Å²) in [6.07, 6.45) is 1.87. The molecule has 1 unspecified atom stereocenters. The van der Waals surface area contributed by atoms with Gasteiger partial charge in [0.1, 0.15) is 6.04 Å². The lowest BCUT2D eigenvalue weighted by Gasteiger charge is -2.08. The molecule has 0 radical (unpaired) electrons. The molecule has 2 aromatic heterocycles. The number of nitrogens with zero attached hydrogens (tertiary/aromatic N) is 3. The third-order valence-corrected chi connectivity index (χ3v) is 3.33. The van der Waals surface area contributed by atoms with Gasteiger partial charge >= 0.3 is 5.97 Å². The highest BCUT2D eigenvalue weighted by Gasteiger charge is 2.16. The van der Waals surface area contributed by atoms with Crippen LogP contribution in [-0.2, 0) is 9.53 Å². The van der Waals surface area contributed by atoms with E-state index in [0.29, 0.717) is 17.5 Å². The second-order valence-electron chi connectivity index (χ2n) is 3.58. The topological polar surface area (TPSA) is 82.5 Å². The van der Waals surface area contributed by atoms with Crippen molar-refractivity contribution in [2.45, 2.75) is 18.1 Å². The van der Waals surface area contributed by atoms with E-state index >= 15 is 0 Å². The lowest BCUT2D eigenvalue weighted by atomic mass is 10.4. The predicted octanol–water partition coefficient (Wildman–Crippen LogP) is 0.712. The zero-order chi connectivity index (χ0) is 13.0. The number of ether oxygens (including phenoxy) is 1. The van der Waals surface area contributed by atoms with Crippen LogP contribution >= 0.6 is 11.8 Å². The highest BCUT2D eigenvalue weighted by molar-refractivity contribution is 7.99. The molecule has 18 heavy (non-hydrogen) atoms. The largest absolute Gasteiger partial charge is 0.465 e. The van der Waals surface area contributed by atoms with Crippen molar-refractivity contribution >= 4 is 23.4 Å². The lowest BCUT2D eigenvalue weighted by Crippen LogP contribution is -2.34. The maximum Gasteiger partial charge on any atom is 0.323 e. The fraction of sp³-hybridized carbons (Fsp3) is 0.364. The Morgan fingerprint density at radius 1 is 1.56 bits per heavy atom. The fourth-order valence-corrected chi connectivity index (χ4v) is 2.26. The van der Waals surface area contributed by atoms with Crippen molar-refractivity contribution in [3.63, 3.8) is 0 Å². The van der Waals surface area contributed by atoms with Crippen LogP contribution in [0.15, 0.2) is 29.6 Å². The summed E-state index contributed by atoms with van der Waals surface area (Å²) in [6.45, 7) is 2.09. The van der Waals surface area contributed by atoms with E-state index in [1.807, 2.05) is 28.8 Å². The molecule has 0 aliphatic carbocycles. The van der Waals surface area contributed by atoms with Gasteiger partial charge in [0.15, 0.2) is 10.8 Å². The number of aromatic nitrogens is 3. The Hall–Kier alpha value is -1.60. The highest BCUT2D eigenvalue weighted by Crippen LogP contribution is 2.17. The summed E-state index contributed by atoms with van der Waals surface area (Å²) < 4.78 is 6.69.